The first-order chi connectivity index (χ1) is 13.4. The minimum atomic E-state index is -0.428. The minimum Gasteiger partial charge on any atom is -0.416 e. The second-order valence-electron chi connectivity index (χ2n) is 5.80. The number of benzene rings is 1. The number of thioether (sulfide) groups is 1. The lowest BCUT2D eigenvalue weighted by Crippen LogP contribution is -2.49. The number of aromatic nitrogens is 2. The van der Waals surface area contributed by atoms with E-state index in [1.54, 1.807) is 18.2 Å². The van der Waals surface area contributed by atoms with E-state index in [4.69, 9.17) is 27.6 Å². The van der Waals surface area contributed by atoms with Crippen LogP contribution in [0, 0.1) is 0 Å². The van der Waals surface area contributed by atoms with Crippen molar-refractivity contribution in [2.45, 2.75) is 18.1 Å². The zero-order chi connectivity index (χ0) is 20.1. The summed E-state index contributed by atoms with van der Waals surface area (Å²) in [4.78, 5) is 36.3. The fourth-order valence-electron chi connectivity index (χ4n) is 2.39. The highest BCUT2D eigenvalue weighted by atomic mass is 35.5. The molecule has 0 spiro atoms. The molecule has 1 aromatic heterocycles. The Morgan fingerprint density at radius 3 is 2.71 bits per heavy atom. The highest BCUT2D eigenvalue weighted by Gasteiger charge is 2.23. The highest BCUT2D eigenvalue weighted by molar-refractivity contribution is 7.99. The Morgan fingerprint density at radius 1 is 1.25 bits per heavy atom. The van der Waals surface area contributed by atoms with Crippen molar-refractivity contribution in [1.29, 1.82) is 0 Å². The maximum Gasteiger partial charge on any atom is 0.324 e. The predicted molar refractivity (Wildman–Crippen MR) is 104 cm³/mol. The van der Waals surface area contributed by atoms with Gasteiger partial charge in [-0.1, -0.05) is 35.0 Å². The third-order valence-electron chi connectivity index (χ3n) is 3.66. The summed E-state index contributed by atoms with van der Waals surface area (Å²) in [6.45, 7) is 0.704. The zero-order valence-electron chi connectivity index (χ0n) is 14.4. The summed E-state index contributed by atoms with van der Waals surface area (Å²) in [6, 6.07) is 4.32. The summed E-state index contributed by atoms with van der Waals surface area (Å²) in [5.41, 5.74) is 0.493. The average molecular weight is 444 g/mol. The fraction of sp³-hybridized carbons (Fsp3) is 0.312. The number of carbonyl (C=O) groups excluding carboxylic acids is 3. The number of urea groups is 1. The molecule has 3 rings (SSSR count). The number of hydrogen-bond donors (Lipinski definition) is 2. The topological polar surface area (TPSA) is 117 Å². The molecule has 0 aliphatic carbocycles. The Kier molecular flexibility index (Phi) is 6.76. The summed E-state index contributed by atoms with van der Waals surface area (Å²) < 4.78 is 5.46. The van der Waals surface area contributed by atoms with Gasteiger partial charge >= 0.3 is 6.03 Å². The summed E-state index contributed by atoms with van der Waals surface area (Å²) in [7, 11) is 0. The number of rotatable bonds is 7. The molecule has 0 bridgehead atoms. The van der Waals surface area contributed by atoms with E-state index in [-0.39, 0.29) is 29.2 Å². The molecule has 1 aliphatic rings. The van der Waals surface area contributed by atoms with Gasteiger partial charge in [0.05, 0.1) is 5.75 Å². The van der Waals surface area contributed by atoms with Gasteiger partial charge in [-0.15, -0.1) is 10.2 Å². The maximum atomic E-state index is 12.0. The van der Waals surface area contributed by atoms with Crippen molar-refractivity contribution in [3.05, 3.63) is 34.1 Å². The van der Waals surface area contributed by atoms with Gasteiger partial charge in [0.2, 0.25) is 17.7 Å². The minimum absolute atomic E-state index is 0.0579. The van der Waals surface area contributed by atoms with E-state index < -0.39 is 6.03 Å². The predicted octanol–water partition coefficient (Wildman–Crippen LogP) is 2.59. The SMILES string of the molecule is O=C1CCN(CCc2nnc(SCC(=O)Nc3cc(Cl)cc(Cl)c3)o2)C(=O)N1. The standard InChI is InChI=1S/C16H15Cl2N5O4S/c17-9-5-10(18)7-11(6-9)19-13(25)8-28-16-22-21-14(27-16)2-4-23-3-1-12(24)20-15(23)26/h5-7H,1-4,8H2,(H,19,25)(H,20,24,26). The molecule has 28 heavy (non-hydrogen) atoms. The molecule has 0 saturated carbocycles. The maximum absolute atomic E-state index is 12.0. The molecule has 0 radical (unpaired) electrons. The lowest BCUT2D eigenvalue weighted by atomic mass is 10.3. The molecule has 2 aromatic rings. The van der Waals surface area contributed by atoms with Gasteiger partial charge in [0.1, 0.15) is 0 Å². The van der Waals surface area contributed by atoms with E-state index >= 15 is 0 Å². The van der Waals surface area contributed by atoms with Crippen LogP contribution in [0.1, 0.15) is 12.3 Å². The van der Waals surface area contributed by atoms with Crippen molar-refractivity contribution in [1.82, 2.24) is 20.4 Å². The van der Waals surface area contributed by atoms with E-state index in [0.29, 0.717) is 41.1 Å². The van der Waals surface area contributed by atoms with Crippen LogP contribution in [0.4, 0.5) is 10.5 Å². The van der Waals surface area contributed by atoms with Gasteiger partial charge in [0.15, 0.2) is 0 Å². The molecular formula is C16H15Cl2N5O4S. The molecule has 9 nitrogen and oxygen atoms in total. The molecule has 148 valence electrons. The second kappa shape index (κ2) is 9.26. The molecule has 12 heteroatoms. The lowest BCUT2D eigenvalue weighted by Gasteiger charge is -2.25. The summed E-state index contributed by atoms with van der Waals surface area (Å²) in [5.74, 6) is -0.161. The van der Waals surface area contributed by atoms with Crippen LogP contribution in [0.2, 0.25) is 10.0 Å². The fourth-order valence-corrected chi connectivity index (χ4v) is 3.50. The van der Waals surface area contributed by atoms with Gasteiger partial charge in [-0.3, -0.25) is 14.9 Å². The van der Waals surface area contributed by atoms with Crippen LogP contribution in [0.25, 0.3) is 0 Å². The molecule has 1 aromatic carbocycles. The number of amides is 4. The molecule has 1 fully saturated rings. The van der Waals surface area contributed by atoms with Crippen LogP contribution >= 0.6 is 35.0 Å². The Labute approximate surface area is 174 Å². The van der Waals surface area contributed by atoms with E-state index in [2.05, 4.69) is 20.8 Å². The van der Waals surface area contributed by atoms with Crippen molar-refractivity contribution in [3.63, 3.8) is 0 Å². The summed E-state index contributed by atoms with van der Waals surface area (Å²) >= 11 is 12.9. The molecule has 2 heterocycles. The molecule has 1 aliphatic heterocycles. The number of imide groups is 1. The van der Waals surface area contributed by atoms with Crippen molar-refractivity contribution in [2.75, 3.05) is 24.2 Å². The molecule has 0 atom stereocenters. The van der Waals surface area contributed by atoms with Crippen LogP contribution in [-0.2, 0) is 16.0 Å². The van der Waals surface area contributed by atoms with Crippen molar-refractivity contribution < 1.29 is 18.8 Å². The highest BCUT2D eigenvalue weighted by Crippen LogP contribution is 2.23. The Balaban J connectivity index is 1.44. The van der Waals surface area contributed by atoms with Gasteiger partial charge in [-0.05, 0) is 18.2 Å². The number of nitrogens with one attached hydrogen (secondary N) is 2. The third kappa shape index (κ3) is 5.85. The van der Waals surface area contributed by atoms with Crippen LogP contribution in [0.15, 0.2) is 27.8 Å². The number of halogens is 2. The number of anilines is 1. The first-order valence-electron chi connectivity index (χ1n) is 8.19. The van der Waals surface area contributed by atoms with E-state index in [9.17, 15) is 14.4 Å². The van der Waals surface area contributed by atoms with E-state index in [0.717, 1.165) is 11.8 Å². The zero-order valence-corrected chi connectivity index (χ0v) is 16.7. The normalized spacial score (nSPS) is 14.1. The third-order valence-corrected chi connectivity index (χ3v) is 4.91. The number of nitrogens with zero attached hydrogens (tertiary/aromatic N) is 3. The van der Waals surface area contributed by atoms with Crippen molar-refractivity contribution >= 4 is 58.5 Å². The van der Waals surface area contributed by atoms with Gasteiger partial charge in [-0.2, -0.15) is 0 Å². The van der Waals surface area contributed by atoms with E-state index in [1.807, 2.05) is 0 Å². The molecule has 4 amide bonds. The first kappa shape index (κ1) is 20.4. The lowest BCUT2D eigenvalue weighted by molar-refractivity contribution is -0.121. The Bertz CT molecular complexity index is 887. The number of hydrogen-bond acceptors (Lipinski definition) is 7. The Hall–Kier alpha value is -2.30. The summed E-state index contributed by atoms with van der Waals surface area (Å²) in [5, 5.41) is 13.8. The average Bonchev–Trinajstić information content (AvgIpc) is 3.06. The molecule has 2 N–H and O–H groups in total. The molecule has 1 saturated heterocycles. The second-order valence-corrected chi connectivity index (χ2v) is 7.60. The quantitative estimate of drug-likeness (QED) is 0.631. The van der Waals surface area contributed by atoms with Crippen molar-refractivity contribution in [2.24, 2.45) is 0 Å². The largest absolute Gasteiger partial charge is 0.416 e. The van der Waals surface area contributed by atoms with E-state index in [1.165, 1.54) is 4.90 Å². The molecular weight excluding hydrogens is 429 g/mol. The van der Waals surface area contributed by atoms with Gasteiger partial charge in [-0.25, -0.2) is 4.79 Å². The van der Waals surface area contributed by atoms with Gasteiger partial charge < -0.3 is 14.6 Å². The van der Waals surface area contributed by atoms with Gasteiger partial charge in [0, 0.05) is 41.7 Å². The van der Waals surface area contributed by atoms with Gasteiger partial charge in [0.25, 0.3) is 5.22 Å². The van der Waals surface area contributed by atoms with Crippen LogP contribution in [0.3, 0.4) is 0 Å². The molecule has 0 unspecified atom stereocenters. The first-order valence-corrected chi connectivity index (χ1v) is 9.93. The smallest absolute Gasteiger partial charge is 0.324 e. The Morgan fingerprint density at radius 2 is 2.00 bits per heavy atom. The summed E-state index contributed by atoms with van der Waals surface area (Å²) in [6.07, 6.45) is 0.617. The number of carbonyl (C=O) groups is 3. The van der Waals surface area contributed by atoms with Crippen LogP contribution < -0.4 is 10.6 Å². The monoisotopic (exact) mass is 443 g/mol. The van der Waals surface area contributed by atoms with Crippen molar-refractivity contribution in [3.8, 4) is 0 Å². The van der Waals surface area contributed by atoms with Crippen LogP contribution in [-0.4, -0.2) is 51.8 Å². The van der Waals surface area contributed by atoms with Crippen LogP contribution in [0.5, 0.6) is 0 Å².